The van der Waals surface area contributed by atoms with Gasteiger partial charge in [0.25, 0.3) is 0 Å². The van der Waals surface area contributed by atoms with Crippen LogP contribution in [0.1, 0.15) is 138 Å². The first-order chi connectivity index (χ1) is 29.7. The van der Waals surface area contributed by atoms with Crippen molar-refractivity contribution in [1.82, 2.24) is 0 Å². The van der Waals surface area contributed by atoms with Gasteiger partial charge in [0, 0.05) is 22.3 Å². The molecule has 0 spiro atoms. The Morgan fingerprint density at radius 3 is 0.766 bits per heavy atom. The van der Waals surface area contributed by atoms with Gasteiger partial charge in [0.2, 0.25) is 0 Å². The summed E-state index contributed by atoms with van der Waals surface area (Å²) >= 11 is 0. The van der Waals surface area contributed by atoms with Crippen molar-refractivity contribution in [3.8, 4) is 0 Å². The van der Waals surface area contributed by atoms with E-state index in [9.17, 15) is 49.8 Å². The van der Waals surface area contributed by atoms with Gasteiger partial charge in [0.15, 0.2) is 29.4 Å². The van der Waals surface area contributed by atoms with Crippen LogP contribution in [-0.4, -0.2) is 121 Å². The molecule has 0 bridgehead atoms. The van der Waals surface area contributed by atoms with E-state index in [0.717, 1.165) is 0 Å². The number of carbonyl (C=O) groups is 4. The Bertz CT molecular complexity index is 1870. The lowest BCUT2D eigenvalue weighted by Crippen LogP contribution is -2.31. The second-order valence-electron chi connectivity index (χ2n) is 18.0. The second-order valence-corrected chi connectivity index (χ2v) is 18.0. The van der Waals surface area contributed by atoms with Crippen LogP contribution in [0.4, 0.5) is 0 Å². The van der Waals surface area contributed by atoms with Crippen molar-refractivity contribution in [1.29, 1.82) is 0 Å². The standard InChI is InChI=1S/C50H62O14/c1-30(61-26-39(51)28-63-41(31-10-18-35(19-11-31)43(53)47(2,3)57)32-12-20-36(21-13-32)44(54)48(4,5)58)62-27-40(52)29-64-42(33-14-22-37(23-15-33)45(55)49(6,7)59)34-16-24-38(25-17-34)46(56)50(8,9)60/h10-25,30,39-42,51-52,57-60H,26-29H2,1-9H3. The fourth-order valence-corrected chi connectivity index (χ4v) is 6.47. The van der Waals surface area contributed by atoms with E-state index in [1.165, 1.54) is 55.4 Å². The molecule has 0 saturated carbocycles. The molecule has 0 radical (unpaired) electrons. The van der Waals surface area contributed by atoms with Gasteiger partial charge in [0.05, 0.1) is 26.4 Å². The molecule has 346 valence electrons. The number of Topliss-reactive ketones (excluding diaryl/α,β-unsaturated/α-hetero) is 4. The third kappa shape index (κ3) is 14.6. The Hall–Kier alpha value is -4.84. The Labute approximate surface area is 374 Å². The lowest BCUT2D eigenvalue weighted by atomic mass is 9.92. The molecule has 0 saturated heterocycles. The minimum absolute atomic E-state index is 0.205. The van der Waals surface area contributed by atoms with Crippen LogP contribution < -0.4 is 0 Å². The van der Waals surface area contributed by atoms with Crippen molar-refractivity contribution < 1.29 is 68.8 Å². The first kappa shape index (κ1) is 51.8. The summed E-state index contributed by atoms with van der Waals surface area (Å²) < 4.78 is 23.8. The van der Waals surface area contributed by atoms with Crippen molar-refractivity contribution in [3.05, 3.63) is 142 Å². The smallest absolute Gasteiger partial charge is 0.193 e. The van der Waals surface area contributed by atoms with E-state index in [0.29, 0.717) is 44.5 Å². The molecule has 14 heteroatoms. The molecule has 14 nitrogen and oxygen atoms in total. The highest BCUT2D eigenvalue weighted by Crippen LogP contribution is 2.30. The minimum Gasteiger partial charge on any atom is -0.388 e. The predicted molar refractivity (Wildman–Crippen MR) is 237 cm³/mol. The van der Waals surface area contributed by atoms with Gasteiger partial charge in [-0.05, 0) is 84.6 Å². The maximum atomic E-state index is 12.7. The van der Waals surface area contributed by atoms with Gasteiger partial charge < -0.3 is 49.6 Å². The van der Waals surface area contributed by atoms with Crippen molar-refractivity contribution in [2.24, 2.45) is 0 Å². The van der Waals surface area contributed by atoms with E-state index >= 15 is 0 Å². The number of aliphatic hydroxyl groups is 6. The van der Waals surface area contributed by atoms with Crippen molar-refractivity contribution >= 4 is 23.1 Å². The fraction of sp³-hybridized carbons (Fsp3) is 0.440. The largest absolute Gasteiger partial charge is 0.388 e. The first-order valence-electron chi connectivity index (χ1n) is 21.0. The maximum absolute atomic E-state index is 12.7. The Morgan fingerprint density at radius 1 is 0.391 bits per heavy atom. The van der Waals surface area contributed by atoms with Gasteiger partial charge >= 0.3 is 0 Å². The van der Waals surface area contributed by atoms with E-state index in [1.54, 1.807) is 104 Å². The van der Waals surface area contributed by atoms with Gasteiger partial charge in [-0.25, -0.2) is 0 Å². The number of ether oxygens (including phenoxy) is 4. The monoisotopic (exact) mass is 886 g/mol. The Morgan fingerprint density at radius 2 is 0.578 bits per heavy atom. The average Bonchev–Trinajstić information content (AvgIpc) is 3.23. The molecule has 2 unspecified atom stereocenters. The lowest BCUT2D eigenvalue weighted by Gasteiger charge is -2.24. The summed E-state index contributed by atoms with van der Waals surface area (Å²) in [6.07, 6.45) is -4.67. The molecule has 4 aromatic carbocycles. The molecule has 0 aliphatic heterocycles. The third-order valence-electron chi connectivity index (χ3n) is 10.1. The van der Waals surface area contributed by atoms with Crippen LogP contribution in [0, 0.1) is 0 Å². The normalized spacial score (nSPS) is 14.1. The number of ketones is 4. The van der Waals surface area contributed by atoms with Crippen LogP contribution in [0.3, 0.4) is 0 Å². The van der Waals surface area contributed by atoms with Crippen LogP contribution in [0.15, 0.2) is 97.1 Å². The lowest BCUT2D eigenvalue weighted by molar-refractivity contribution is -0.170. The molecule has 0 fully saturated rings. The van der Waals surface area contributed by atoms with E-state index in [4.69, 9.17) is 18.9 Å². The highest BCUT2D eigenvalue weighted by atomic mass is 16.7. The maximum Gasteiger partial charge on any atom is 0.193 e. The summed E-state index contributed by atoms with van der Waals surface area (Å²) in [5, 5.41) is 62.6. The quantitative estimate of drug-likeness (QED) is 0.0377. The zero-order valence-corrected chi connectivity index (χ0v) is 37.9. The summed E-state index contributed by atoms with van der Waals surface area (Å²) in [6.45, 7) is 12.0. The van der Waals surface area contributed by atoms with Crippen LogP contribution in [0.5, 0.6) is 0 Å². The van der Waals surface area contributed by atoms with E-state index in [2.05, 4.69) is 0 Å². The van der Waals surface area contributed by atoms with Crippen LogP contribution in [-0.2, 0) is 18.9 Å². The summed E-state index contributed by atoms with van der Waals surface area (Å²) in [6, 6.07) is 25.9. The van der Waals surface area contributed by atoms with Gasteiger partial charge in [-0.2, -0.15) is 0 Å². The molecule has 64 heavy (non-hydrogen) atoms. The number of aliphatic hydroxyl groups excluding tert-OH is 2. The van der Waals surface area contributed by atoms with Gasteiger partial charge in [0.1, 0.15) is 46.8 Å². The van der Waals surface area contributed by atoms with E-state index < -0.39 is 76.2 Å². The summed E-state index contributed by atoms with van der Waals surface area (Å²) in [5.74, 6) is -1.85. The summed E-state index contributed by atoms with van der Waals surface area (Å²) in [7, 11) is 0. The van der Waals surface area contributed by atoms with Gasteiger partial charge in [-0.15, -0.1) is 0 Å². The zero-order valence-electron chi connectivity index (χ0n) is 37.9. The fourth-order valence-electron chi connectivity index (χ4n) is 6.47. The molecule has 4 aromatic rings. The molecule has 6 N–H and O–H groups in total. The SMILES string of the molecule is CC(OCC(O)COC(c1ccc(C(=O)C(C)(C)O)cc1)c1ccc(C(=O)C(C)(C)O)cc1)OCC(O)COC(c1ccc(C(=O)C(C)(C)O)cc1)c1ccc(C(=O)C(C)(C)O)cc1. The number of benzene rings is 4. The minimum atomic E-state index is -1.57. The Balaban J connectivity index is 1.37. The molecule has 2 atom stereocenters. The van der Waals surface area contributed by atoms with Crippen molar-refractivity contribution in [2.45, 2.75) is 115 Å². The number of carbonyl (C=O) groups excluding carboxylic acids is 4. The number of hydrogen-bond donors (Lipinski definition) is 6. The summed E-state index contributed by atoms with van der Waals surface area (Å²) in [4.78, 5) is 50.6. The topological polar surface area (TPSA) is 227 Å². The van der Waals surface area contributed by atoms with Crippen LogP contribution in [0.2, 0.25) is 0 Å². The molecule has 4 rings (SSSR count). The molecule has 0 amide bonds. The first-order valence-corrected chi connectivity index (χ1v) is 21.0. The molecule has 0 heterocycles. The van der Waals surface area contributed by atoms with E-state index in [-0.39, 0.29) is 26.4 Å². The number of rotatable bonds is 24. The molecular weight excluding hydrogens is 825 g/mol. The second kappa shape index (κ2) is 21.4. The van der Waals surface area contributed by atoms with E-state index in [1.807, 2.05) is 0 Å². The third-order valence-corrected chi connectivity index (χ3v) is 10.1. The predicted octanol–water partition coefficient (Wildman–Crippen LogP) is 5.51. The van der Waals surface area contributed by atoms with Crippen LogP contribution in [0.25, 0.3) is 0 Å². The molecule has 0 aliphatic rings. The highest BCUT2D eigenvalue weighted by Gasteiger charge is 2.30. The molecule has 0 aliphatic carbocycles. The van der Waals surface area contributed by atoms with Crippen molar-refractivity contribution in [3.63, 3.8) is 0 Å². The average molecular weight is 887 g/mol. The Kier molecular flexibility index (Phi) is 17.3. The number of hydrogen-bond acceptors (Lipinski definition) is 14. The zero-order chi connectivity index (χ0) is 47.8. The molecule has 0 aromatic heterocycles. The summed E-state index contributed by atoms with van der Waals surface area (Å²) in [5.41, 5.74) is -2.65. The van der Waals surface area contributed by atoms with Gasteiger partial charge in [-0.1, -0.05) is 97.1 Å². The molecular formula is C50H62O14. The van der Waals surface area contributed by atoms with Crippen molar-refractivity contribution in [2.75, 3.05) is 26.4 Å². The van der Waals surface area contributed by atoms with Gasteiger partial charge in [-0.3, -0.25) is 19.2 Å². The highest BCUT2D eigenvalue weighted by molar-refractivity contribution is 6.03. The van der Waals surface area contributed by atoms with Crippen LogP contribution >= 0.6 is 0 Å².